The number of benzene rings is 17. The molecule has 0 saturated heterocycles. The molecule has 3 aromatic heterocycles. The third-order valence-corrected chi connectivity index (χ3v) is 32.6. The molecule has 0 aliphatic carbocycles. The van der Waals surface area contributed by atoms with Crippen molar-refractivity contribution in [1.82, 2.24) is 13.3 Å². The Morgan fingerprint density at radius 1 is 0.245 bits per heavy atom. The molecule has 0 aliphatic heterocycles. The van der Waals surface area contributed by atoms with Crippen molar-refractivity contribution in [2.45, 2.75) is 0 Å². The highest BCUT2D eigenvalue weighted by Crippen LogP contribution is 2.44. The zero-order valence-electron chi connectivity index (χ0n) is 60.0. The zero-order chi connectivity index (χ0) is 73.0. The lowest BCUT2D eigenvalue weighted by Gasteiger charge is -2.34. The Morgan fingerprint density at radius 2 is 0.573 bits per heavy atom. The average Bonchev–Trinajstić information content (AvgIpc) is 0.921. The normalized spacial score (nSPS) is 11.8. The first-order valence-corrected chi connectivity index (χ1v) is 42.2. The molecule has 3 heterocycles. The number of furan rings is 1. The van der Waals surface area contributed by atoms with Crippen molar-refractivity contribution >= 4 is 141 Å². The fourth-order valence-corrected chi connectivity index (χ4v) is 27.3. The maximum absolute atomic E-state index is 6.22. The lowest BCUT2D eigenvalue weighted by Crippen LogP contribution is -2.74. The molecule has 0 radical (unpaired) electrons. The minimum atomic E-state index is -2.75. The molecule has 0 aliphatic rings. The van der Waals surface area contributed by atoms with Gasteiger partial charge in [-0.3, -0.25) is 0 Å². The quantitative estimate of drug-likeness (QED) is 0.0673. The summed E-state index contributed by atoms with van der Waals surface area (Å²) in [6.45, 7) is 0. The minimum Gasteiger partial charge on any atom is -0.456 e. The second kappa shape index (κ2) is 27.9. The van der Waals surface area contributed by atoms with Crippen molar-refractivity contribution in [3.8, 4) is 61.3 Å². The summed E-state index contributed by atoms with van der Waals surface area (Å²) in [5, 5.41) is 15.4. The SMILES string of the molecule is c1ccc(-c2ccc(N(c3ccc(-c4ccc5oc6ccccc6c5c4)cc3)c3ccc(-c4ccc(-n5c6ccc(-c7ccc([Si](c8ccccc8)(c8ccccc8)c8ccccc8)cc7)cc6c6cc(-c7ccc([Si](c8ccccc8)(c8ccccc8)c8ccccc8)cc7)ccc65)cc4)c4nsnc34)cc2)cc1. The Morgan fingerprint density at radius 3 is 1.02 bits per heavy atom. The van der Waals surface area contributed by atoms with Crippen LogP contribution in [0.2, 0.25) is 0 Å². The van der Waals surface area contributed by atoms with Crippen molar-refractivity contribution in [2.24, 2.45) is 0 Å². The first kappa shape index (κ1) is 65.9. The van der Waals surface area contributed by atoms with E-state index < -0.39 is 16.1 Å². The molecule has 0 bridgehead atoms. The van der Waals surface area contributed by atoms with Gasteiger partial charge in [0.05, 0.1) is 28.4 Å². The number of rotatable bonds is 17. The van der Waals surface area contributed by atoms with Crippen molar-refractivity contribution in [3.63, 3.8) is 0 Å². The van der Waals surface area contributed by atoms with Crippen LogP contribution >= 0.6 is 11.7 Å². The van der Waals surface area contributed by atoms with Gasteiger partial charge in [0.15, 0.2) is 16.1 Å². The maximum atomic E-state index is 6.22. The van der Waals surface area contributed by atoms with Gasteiger partial charge in [-0.15, -0.1) is 0 Å². The predicted octanol–water partition coefficient (Wildman–Crippen LogP) is 21.2. The molecule has 17 aromatic carbocycles. The van der Waals surface area contributed by atoms with Crippen LogP contribution in [0.4, 0.5) is 17.1 Å². The summed E-state index contributed by atoms with van der Waals surface area (Å²) in [7, 11) is -5.51. The second-order valence-corrected chi connectivity index (χ2v) is 36.5. The highest BCUT2D eigenvalue weighted by Gasteiger charge is 2.43. The van der Waals surface area contributed by atoms with E-state index in [1.165, 1.54) is 69.6 Å². The van der Waals surface area contributed by atoms with Crippen molar-refractivity contribution in [3.05, 3.63) is 425 Å². The third-order valence-electron chi connectivity index (χ3n) is 22.4. The molecule has 0 atom stereocenters. The van der Waals surface area contributed by atoms with Crippen molar-refractivity contribution in [2.75, 3.05) is 4.90 Å². The predicted molar refractivity (Wildman–Crippen MR) is 468 cm³/mol. The van der Waals surface area contributed by atoms with E-state index in [1.54, 1.807) is 0 Å². The van der Waals surface area contributed by atoms with E-state index in [0.717, 1.165) is 117 Å². The van der Waals surface area contributed by atoms with Crippen LogP contribution in [-0.2, 0) is 0 Å². The molecular weight excluding hydrogens is 1390 g/mol. The molecule has 0 unspecified atom stereocenters. The number of nitrogens with zero attached hydrogens (tertiary/aromatic N) is 4. The van der Waals surface area contributed by atoms with Crippen LogP contribution < -0.4 is 46.4 Å². The van der Waals surface area contributed by atoms with Gasteiger partial charge < -0.3 is 13.9 Å². The number of fused-ring (bicyclic) bond motifs is 7. The summed E-state index contributed by atoms with van der Waals surface area (Å²) in [5.74, 6) is 0. The molecule has 0 N–H and O–H groups in total. The van der Waals surface area contributed by atoms with E-state index in [0.29, 0.717) is 0 Å². The third kappa shape index (κ3) is 11.3. The summed E-state index contributed by atoms with van der Waals surface area (Å²) in [6.07, 6.45) is 0. The zero-order valence-corrected chi connectivity index (χ0v) is 62.8. The van der Waals surface area contributed by atoms with Gasteiger partial charge in [-0.25, -0.2) is 0 Å². The van der Waals surface area contributed by atoms with Crippen LogP contribution in [0.5, 0.6) is 0 Å². The van der Waals surface area contributed by atoms with Gasteiger partial charge in [0.2, 0.25) is 0 Å². The van der Waals surface area contributed by atoms with Gasteiger partial charge in [0.1, 0.15) is 22.2 Å². The molecule has 110 heavy (non-hydrogen) atoms. The Balaban J connectivity index is 0.692. The monoisotopic (exact) mass is 1450 g/mol. The summed E-state index contributed by atoms with van der Waals surface area (Å²) < 4.78 is 18.9. The second-order valence-electron chi connectivity index (χ2n) is 28.4. The molecule has 8 heteroatoms. The molecule has 0 fully saturated rings. The molecule has 0 amide bonds. The number of aromatic nitrogens is 3. The van der Waals surface area contributed by atoms with Crippen molar-refractivity contribution in [1.29, 1.82) is 0 Å². The molecular formula is C102H70N4OSSi2. The smallest absolute Gasteiger partial charge is 0.179 e. The Kier molecular flexibility index (Phi) is 16.7. The van der Waals surface area contributed by atoms with Crippen LogP contribution in [0, 0.1) is 0 Å². The van der Waals surface area contributed by atoms with Crippen molar-refractivity contribution < 1.29 is 4.42 Å². The molecule has 20 aromatic rings. The van der Waals surface area contributed by atoms with Crippen LogP contribution in [0.3, 0.4) is 0 Å². The molecule has 5 nitrogen and oxygen atoms in total. The lowest BCUT2D eigenvalue weighted by molar-refractivity contribution is 0.669. The average molecular weight is 1460 g/mol. The summed E-state index contributed by atoms with van der Waals surface area (Å²) in [6, 6.07) is 157. The summed E-state index contributed by atoms with van der Waals surface area (Å²) in [4.78, 5) is 2.32. The maximum Gasteiger partial charge on any atom is 0.179 e. The fourth-order valence-electron chi connectivity index (χ4n) is 17.2. The van der Waals surface area contributed by atoms with Gasteiger partial charge in [0, 0.05) is 44.2 Å². The van der Waals surface area contributed by atoms with Crippen LogP contribution in [-0.4, -0.2) is 29.5 Å². The van der Waals surface area contributed by atoms with Gasteiger partial charge >= 0.3 is 0 Å². The molecule has 0 spiro atoms. The Hall–Kier alpha value is -13.6. The number of hydrogen-bond donors (Lipinski definition) is 0. The van der Waals surface area contributed by atoms with E-state index in [9.17, 15) is 0 Å². The van der Waals surface area contributed by atoms with Gasteiger partial charge in [0.25, 0.3) is 0 Å². The van der Waals surface area contributed by atoms with E-state index in [4.69, 9.17) is 13.2 Å². The minimum absolute atomic E-state index is 0.832. The Labute approximate surface area is 645 Å². The topological polar surface area (TPSA) is 47.1 Å². The van der Waals surface area contributed by atoms with E-state index in [2.05, 4.69) is 422 Å². The lowest BCUT2D eigenvalue weighted by atomic mass is 10.0. The van der Waals surface area contributed by atoms with E-state index >= 15 is 0 Å². The Bertz CT molecular complexity index is 6280. The van der Waals surface area contributed by atoms with Gasteiger partial charge in [-0.05, 0) is 183 Å². The first-order valence-electron chi connectivity index (χ1n) is 37.5. The van der Waals surface area contributed by atoms with Gasteiger partial charge in [-0.2, -0.15) is 8.75 Å². The van der Waals surface area contributed by atoms with Crippen LogP contribution in [0.25, 0.3) is 116 Å². The van der Waals surface area contributed by atoms with Gasteiger partial charge in [-0.1, -0.05) is 334 Å². The number of hydrogen-bond acceptors (Lipinski definition) is 5. The molecule has 0 saturated carbocycles. The van der Waals surface area contributed by atoms with Crippen LogP contribution in [0.1, 0.15) is 0 Å². The fraction of sp³-hybridized carbons (Fsp3) is 0. The summed E-state index contributed by atoms with van der Waals surface area (Å²) in [5.41, 5.74) is 21.0. The number of para-hydroxylation sites is 1. The summed E-state index contributed by atoms with van der Waals surface area (Å²) >= 11 is 1.25. The number of anilines is 3. The molecule has 20 rings (SSSR count). The standard InChI is InChI=1S/C102H70N4OSSi2/c1-8-24-71(25-9-1)72-40-53-80(54-41-72)105(81-55-42-73(43-56-81)79-52-67-100-95(70-79)92-38-22-23-39-99(92)107-100)98-66-63-91(101-102(98)104-108-103-101)76-44-57-82(58-45-76)106-96-64-50-77(74-46-59-89(60-47-74)109(83-26-10-2-11-27-83,84-28-12-3-13-29-84)85-30-14-4-15-31-85)68-93(96)94-69-78(51-65-97(94)106)75-48-61-90(62-49-75)110(86-32-16-5-17-33-86,87-34-18-6-19-35-87)88-36-20-7-21-37-88/h1-70H. The highest BCUT2D eigenvalue weighted by molar-refractivity contribution is 7.20. The first-order chi connectivity index (χ1) is 54.5. The van der Waals surface area contributed by atoms with E-state index in [-0.39, 0.29) is 0 Å². The highest BCUT2D eigenvalue weighted by atomic mass is 32.1. The van der Waals surface area contributed by atoms with E-state index in [1.807, 2.05) is 12.1 Å². The van der Waals surface area contributed by atoms with Crippen LogP contribution in [0.15, 0.2) is 429 Å². The molecule has 518 valence electrons. The largest absolute Gasteiger partial charge is 0.456 e.